The van der Waals surface area contributed by atoms with E-state index in [1.807, 2.05) is 74.6 Å². The van der Waals surface area contributed by atoms with Gasteiger partial charge in [-0.05, 0) is 87.7 Å². The second kappa shape index (κ2) is 12.2. The zero-order valence-corrected chi connectivity index (χ0v) is 23.5. The molecule has 5 rings (SSSR count). The van der Waals surface area contributed by atoms with E-state index in [-0.39, 0.29) is 24.2 Å². The molecule has 7 nitrogen and oxygen atoms in total. The summed E-state index contributed by atoms with van der Waals surface area (Å²) in [5.74, 6) is 5.77. The van der Waals surface area contributed by atoms with Crippen molar-refractivity contribution in [2.45, 2.75) is 50.7 Å². The molecule has 1 aromatic heterocycles. The van der Waals surface area contributed by atoms with Crippen LogP contribution in [0.1, 0.15) is 70.8 Å². The van der Waals surface area contributed by atoms with Gasteiger partial charge < -0.3 is 31.0 Å². The van der Waals surface area contributed by atoms with Crippen molar-refractivity contribution in [1.29, 1.82) is 0 Å². The topological polar surface area (TPSA) is 121 Å². The zero-order chi connectivity index (χ0) is 29.0. The number of carbonyl (C=O) groups excluding carboxylic acids is 1. The van der Waals surface area contributed by atoms with Crippen LogP contribution in [0.2, 0.25) is 0 Å². The van der Waals surface area contributed by atoms with E-state index >= 15 is 0 Å². The van der Waals surface area contributed by atoms with Gasteiger partial charge in [0.05, 0.1) is 23.9 Å². The quantitative estimate of drug-likeness (QED) is 0.209. The predicted octanol–water partition coefficient (Wildman–Crippen LogP) is 4.34. The van der Waals surface area contributed by atoms with Gasteiger partial charge in [0.25, 0.3) is 5.91 Å². The fourth-order valence-corrected chi connectivity index (χ4v) is 5.55. The van der Waals surface area contributed by atoms with Crippen molar-refractivity contribution in [3.63, 3.8) is 0 Å². The van der Waals surface area contributed by atoms with Crippen LogP contribution in [-0.4, -0.2) is 46.9 Å². The minimum atomic E-state index is -0.821. The molecule has 212 valence electrons. The van der Waals surface area contributed by atoms with Crippen molar-refractivity contribution in [2.24, 2.45) is 5.73 Å². The number of piperidine rings is 1. The maximum Gasteiger partial charge on any atom is 0.252 e. The van der Waals surface area contributed by atoms with E-state index < -0.39 is 11.5 Å². The summed E-state index contributed by atoms with van der Waals surface area (Å²) in [7, 11) is 0. The van der Waals surface area contributed by atoms with Gasteiger partial charge in [0.1, 0.15) is 5.75 Å². The Morgan fingerprint density at radius 3 is 2.44 bits per heavy atom. The number of nitrogens with one attached hydrogen (secondary N) is 2. The summed E-state index contributed by atoms with van der Waals surface area (Å²) in [6.07, 6.45) is 3.63. The molecule has 3 aromatic carbocycles. The largest absolute Gasteiger partial charge is 0.490 e. The lowest BCUT2D eigenvalue weighted by Gasteiger charge is -2.33. The van der Waals surface area contributed by atoms with Gasteiger partial charge in [0, 0.05) is 39.7 Å². The Labute approximate surface area is 240 Å². The van der Waals surface area contributed by atoms with E-state index in [1.165, 1.54) is 0 Å². The normalized spacial score (nSPS) is 15.3. The van der Waals surface area contributed by atoms with E-state index in [1.54, 1.807) is 6.07 Å². The van der Waals surface area contributed by atoms with Crippen LogP contribution in [0, 0.1) is 11.8 Å². The minimum absolute atomic E-state index is 0.150. The first-order chi connectivity index (χ1) is 19.8. The van der Waals surface area contributed by atoms with E-state index in [4.69, 9.17) is 10.5 Å². The molecule has 6 N–H and O–H groups in total. The first kappa shape index (κ1) is 28.4. The van der Waals surface area contributed by atoms with Crippen LogP contribution in [0.5, 0.6) is 5.75 Å². The monoisotopic (exact) mass is 551 g/mol. The number of hydrogen-bond acceptors (Lipinski definition) is 5. The van der Waals surface area contributed by atoms with E-state index in [9.17, 15) is 15.0 Å². The van der Waals surface area contributed by atoms with Gasteiger partial charge in [-0.2, -0.15) is 0 Å². The van der Waals surface area contributed by atoms with Crippen LogP contribution in [0.15, 0.2) is 66.9 Å². The maximum atomic E-state index is 12.6. The number of hydrogen-bond donors (Lipinski definition) is 5. The highest BCUT2D eigenvalue weighted by Crippen LogP contribution is 2.36. The Bertz CT molecular complexity index is 1590. The molecule has 0 unspecified atom stereocenters. The SMILES string of the molecule is CC(C)Oc1c(C(N)=O)cc(C#Cc2ccc(C3(O)CCNCC3)cc2)cc1[C@H](CO)Cc1c[nH]c2ccccc12. The molecule has 1 aliphatic rings. The number of fused-ring (bicyclic) bond motifs is 1. The van der Waals surface area contributed by atoms with Crippen molar-refractivity contribution in [2.75, 3.05) is 19.7 Å². The fourth-order valence-electron chi connectivity index (χ4n) is 5.55. The van der Waals surface area contributed by atoms with Gasteiger partial charge in [0.2, 0.25) is 0 Å². The minimum Gasteiger partial charge on any atom is -0.490 e. The fraction of sp³-hybridized carbons (Fsp3) is 0.324. The number of nitrogens with two attached hydrogens (primary N) is 1. The summed E-state index contributed by atoms with van der Waals surface area (Å²) in [4.78, 5) is 15.9. The van der Waals surface area contributed by atoms with Gasteiger partial charge in [0.15, 0.2) is 0 Å². The molecular formula is C34H37N3O4. The van der Waals surface area contributed by atoms with Gasteiger partial charge in [-0.3, -0.25) is 4.79 Å². The highest BCUT2D eigenvalue weighted by atomic mass is 16.5. The van der Waals surface area contributed by atoms with Crippen LogP contribution in [-0.2, 0) is 12.0 Å². The summed E-state index contributed by atoms with van der Waals surface area (Å²) in [6.45, 7) is 5.20. The Hall–Kier alpha value is -4.09. The number of primary amides is 1. The standard InChI is InChI=1S/C34H37N3O4/c1-22(2)41-32-29(26(21-38)19-25-20-37-31-6-4-3-5-28(25)31)17-24(18-30(32)33(35)39)8-7-23-9-11-27(12-10-23)34(40)13-15-36-16-14-34/h3-6,9-12,17-18,20,22,26,36-38,40H,13-16,19,21H2,1-2H3,(H2,35,39)/t26-/m0/s1. The summed E-state index contributed by atoms with van der Waals surface area (Å²) in [6, 6.07) is 19.2. The molecule has 41 heavy (non-hydrogen) atoms. The van der Waals surface area contributed by atoms with Crippen molar-refractivity contribution < 1.29 is 19.7 Å². The molecule has 0 bridgehead atoms. The molecule has 1 aliphatic heterocycles. The van der Waals surface area contributed by atoms with Crippen molar-refractivity contribution in [1.82, 2.24) is 10.3 Å². The van der Waals surface area contributed by atoms with Gasteiger partial charge in [-0.15, -0.1) is 0 Å². The summed E-state index contributed by atoms with van der Waals surface area (Å²) in [5, 5.41) is 25.9. The maximum absolute atomic E-state index is 12.6. The highest BCUT2D eigenvalue weighted by molar-refractivity contribution is 5.96. The first-order valence-corrected chi connectivity index (χ1v) is 14.1. The molecular weight excluding hydrogens is 514 g/mol. The third kappa shape index (κ3) is 6.31. The molecule has 1 amide bonds. The molecule has 2 heterocycles. The number of aliphatic hydroxyl groups excluding tert-OH is 1. The zero-order valence-electron chi connectivity index (χ0n) is 23.5. The number of H-pyrrole nitrogens is 1. The number of para-hydroxylation sites is 1. The van der Waals surface area contributed by atoms with E-state index in [2.05, 4.69) is 22.1 Å². The third-order valence-corrected chi connectivity index (χ3v) is 7.74. The van der Waals surface area contributed by atoms with Crippen LogP contribution in [0.25, 0.3) is 10.9 Å². The van der Waals surface area contributed by atoms with Crippen molar-refractivity contribution in [3.05, 3.63) is 100 Å². The molecule has 1 fully saturated rings. The smallest absolute Gasteiger partial charge is 0.252 e. The van der Waals surface area contributed by atoms with Crippen LogP contribution < -0.4 is 15.8 Å². The lowest BCUT2D eigenvalue weighted by molar-refractivity contribution is 0.00593. The number of aromatic amines is 1. The highest BCUT2D eigenvalue weighted by Gasteiger charge is 2.30. The number of benzene rings is 3. The first-order valence-electron chi connectivity index (χ1n) is 14.1. The molecule has 1 saturated heterocycles. The van der Waals surface area contributed by atoms with Gasteiger partial charge in [-0.25, -0.2) is 0 Å². The number of amides is 1. The Kier molecular flexibility index (Phi) is 8.46. The predicted molar refractivity (Wildman–Crippen MR) is 161 cm³/mol. The Morgan fingerprint density at radius 1 is 1.05 bits per heavy atom. The Balaban J connectivity index is 1.51. The number of aliphatic hydroxyl groups is 2. The second-order valence-corrected chi connectivity index (χ2v) is 11.0. The molecule has 1 atom stereocenters. The number of carbonyl (C=O) groups is 1. The average Bonchev–Trinajstić information content (AvgIpc) is 3.38. The van der Waals surface area contributed by atoms with Crippen molar-refractivity contribution >= 4 is 16.8 Å². The number of aromatic nitrogens is 1. The molecule has 0 saturated carbocycles. The lowest BCUT2D eigenvalue weighted by Crippen LogP contribution is -2.39. The molecule has 0 radical (unpaired) electrons. The van der Waals surface area contributed by atoms with E-state index in [0.717, 1.165) is 40.7 Å². The van der Waals surface area contributed by atoms with E-state index in [0.29, 0.717) is 36.1 Å². The van der Waals surface area contributed by atoms with Gasteiger partial charge in [-0.1, -0.05) is 42.2 Å². The second-order valence-electron chi connectivity index (χ2n) is 11.0. The van der Waals surface area contributed by atoms with Crippen molar-refractivity contribution in [3.8, 4) is 17.6 Å². The number of ether oxygens (including phenoxy) is 1. The third-order valence-electron chi connectivity index (χ3n) is 7.74. The van der Waals surface area contributed by atoms with Crippen LogP contribution >= 0.6 is 0 Å². The molecule has 4 aromatic rings. The van der Waals surface area contributed by atoms with Gasteiger partial charge >= 0.3 is 0 Å². The summed E-state index contributed by atoms with van der Waals surface area (Å²) < 4.78 is 6.13. The van der Waals surface area contributed by atoms with Crippen LogP contribution in [0.4, 0.5) is 0 Å². The number of rotatable bonds is 8. The van der Waals surface area contributed by atoms with Crippen LogP contribution in [0.3, 0.4) is 0 Å². The Morgan fingerprint density at radius 2 is 1.76 bits per heavy atom. The average molecular weight is 552 g/mol. The lowest BCUT2D eigenvalue weighted by atomic mass is 9.85. The summed E-state index contributed by atoms with van der Waals surface area (Å²) in [5.41, 5.74) is 10.3. The molecule has 7 heteroatoms. The molecule has 0 spiro atoms. The summed E-state index contributed by atoms with van der Waals surface area (Å²) >= 11 is 0. The molecule has 0 aliphatic carbocycles.